The fraction of sp³-hybridized carbons (Fsp3) is 0.474. The second-order valence-electron chi connectivity index (χ2n) is 7.20. The minimum absolute atomic E-state index is 0. The molecule has 0 radical (unpaired) electrons. The van der Waals surface area contributed by atoms with Gasteiger partial charge in [0.15, 0.2) is 0 Å². The number of hydrogen-bond acceptors (Lipinski definition) is 3. The number of nitrogens with two attached hydrogens (primary N) is 1. The monoisotopic (exact) mass is 396 g/mol. The number of nitrogens with zero attached hydrogens (tertiary/aromatic N) is 1. The summed E-state index contributed by atoms with van der Waals surface area (Å²) in [6, 6.07) is 8.12. The molecule has 5 nitrogen and oxygen atoms in total. The van der Waals surface area contributed by atoms with E-state index in [1.165, 1.54) is 19.3 Å². The Hall–Kier alpha value is -1.56. The molecule has 2 unspecified atom stereocenters. The van der Waals surface area contributed by atoms with E-state index in [4.69, 9.17) is 5.73 Å². The summed E-state index contributed by atoms with van der Waals surface area (Å²) >= 11 is 0. The van der Waals surface area contributed by atoms with Crippen LogP contribution in [-0.4, -0.2) is 21.9 Å². The number of anilines is 1. The first-order valence-electron chi connectivity index (χ1n) is 8.87. The molecule has 4 rings (SSSR count). The molecule has 2 bridgehead atoms. The molecule has 0 aliphatic heterocycles. The average molecular weight is 397 g/mol. The highest BCUT2D eigenvalue weighted by Crippen LogP contribution is 2.42. The van der Waals surface area contributed by atoms with E-state index in [1.54, 1.807) is 12.4 Å². The molecular weight excluding hydrogens is 371 g/mol. The number of carbonyl (C=O) groups is 1. The Labute approximate surface area is 166 Å². The summed E-state index contributed by atoms with van der Waals surface area (Å²) in [5, 5.41) is 3.10. The minimum Gasteiger partial charge on any atom is -0.345 e. The number of H-pyrrole nitrogens is 1. The van der Waals surface area contributed by atoms with Crippen LogP contribution in [-0.2, 0) is 4.79 Å². The van der Waals surface area contributed by atoms with Crippen LogP contribution in [0.15, 0.2) is 36.7 Å². The Balaban J connectivity index is 0.00000121. The van der Waals surface area contributed by atoms with Gasteiger partial charge in [0.05, 0.1) is 0 Å². The van der Waals surface area contributed by atoms with Gasteiger partial charge in [-0.15, -0.1) is 24.8 Å². The molecule has 0 spiro atoms. The third-order valence-corrected chi connectivity index (χ3v) is 5.69. The van der Waals surface area contributed by atoms with Crippen molar-refractivity contribution in [2.45, 2.75) is 38.1 Å². The molecule has 7 heteroatoms. The summed E-state index contributed by atoms with van der Waals surface area (Å²) in [6.07, 6.45) is 9.01. The van der Waals surface area contributed by atoms with Crippen LogP contribution in [0.2, 0.25) is 0 Å². The third-order valence-electron chi connectivity index (χ3n) is 5.69. The Kier molecular flexibility index (Phi) is 7.09. The number of aromatic nitrogens is 2. The van der Waals surface area contributed by atoms with Crippen LogP contribution in [0.1, 0.15) is 32.1 Å². The van der Waals surface area contributed by atoms with E-state index >= 15 is 0 Å². The first-order valence-corrected chi connectivity index (χ1v) is 8.87. The molecule has 1 aromatic carbocycles. The van der Waals surface area contributed by atoms with Crippen LogP contribution in [0.25, 0.3) is 11.4 Å². The molecule has 1 heterocycles. The fourth-order valence-corrected chi connectivity index (χ4v) is 4.41. The number of halogens is 2. The van der Waals surface area contributed by atoms with Crippen molar-refractivity contribution in [2.75, 3.05) is 5.32 Å². The van der Waals surface area contributed by atoms with Gasteiger partial charge in [-0.1, -0.05) is 18.6 Å². The minimum atomic E-state index is 0. The van der Waals surface area contributed by atoms with Crippen molar-refractivity contribution in [2.24, 2.45) is 23.5 Å². The van der Waals surface area contributed by atoms with Gasteiger partial charge < -0.3 is 16.0 Å². The van der Waals surface area contributed by atoms with Gasteiger partial charge in [0.1, 0.15) is 5.82 Å². The van der Waals surface area contributed by atoms with E-state index in [1.807, 2.05) is 24.3 Å². The predicted octanol–water partition coefficient (Wildman–Crippen LogP) is 4.01. The number of aromatic amines is 1. The molecule has 2 atom stereocenters. The zero-order valence-corrected chi connectivity index (χ0v) is 16.2. The smallest absolute Gasteiger partial charge is 0.227 e. The summed E-state index contributed by atoms with van der Waals surface area (Å²) in [5.74, 6) is 2.07. The second kappa shape index (κ2) is 8.89. The quantitative estimate of drug-likeness (QED) is 0.732. The van der Waals surface area contributed by atoms with Crippen molar-refractivity contribution in [1.82, 2.24) is 9.97 Å². The highest BCUT2D eigenvalue weighted by atomic mass is 35.5. The fourth-order valence-electron chi connectivity index (χ4n) is 4.41. The van der Waals surface area contributed by atoms with E-state index in [9.17, 15) is 4.79 Å². The van der Waals surface area contributed by atoms with Gasteiger partial charge >= 0.3 is 0 Å². The molecule has 1 aromatic heterocycles. The molecule has 142 valence electrons. The lowest BCUT2D eigenvalue weighted by Gasteiger charge is -2.43. The van der Waals surface area contributed by atoms with E-state index < -0.39 is 0 Å². The van der Waals surface area contributed by atoms with Crippen LogP contribution in [0, 0.1) is 17.8 Å². The largest absolute Gasteiger partial charge is 0.345 e. The Bertz CT molecular complexity index is 708. The molecular formula is C19H26Cl2N4O. The zero-order valence-electron chi connectivity index (χ0n) is 14.6. The second-order valence-corrected chi connectivity index (χ2v) is 7.20. The lowest BCUT2D eigenvalue weighted by Crippen LogP contribution is -2.48. The molecule has 2 fully saturated rings. The Morgan fingerprint density at radius 2 is 1.92 bits per heavy atom. The number of fused-ring (bicyclic) bond motifs is 2. The van der Waals surface area contributed by atoms with Crippen molar-refractivity contribution < 1.29 is 4.79 Å². The van der Waals surface area contributed by atoms with Crippen LogP contribution >= 0.6 is 24.8 Å². The van der Waals surface area contributed by atoms with Gasteiger partial charge in [-0.05, 0) is 49.7 Å². The van der Waals surface area contributed by atoms with Crippen LogP contribution in [0.5, 0.6) is 0 Å². The first kappa shape index (κ1) is 20.7. The number of rotatable bonds is 3. The molecule has 4 N–H and O–H groups in total. The first-order chi connectivity index (χ1) is 11.7. The lowest BCUT2D eigenvalue weighted by atomic mass is 9.65. The number of hydrogen-bond donors (Lipinski definition) is 3. The van der Waals surface area contributed by atoms with Gasteiger partial charge in [-0.3, -0.25) is 4.79 Å². The van der Waals surface area contributed by atoms with E-state index in [-0.39, 0.29) is 36.6 Å². The van der Waals surface area contributed by atoms with Gasteiger partial charge in [0.2, 0.25) is 5.91 Å². The van der Waals surface area contributed by atoms with E-state index in [0.29, 0.717) is 17.9 Å². The van der Waals surface area contributed by atoms with Crippen molar-refractivity contribution >= 4 is 36.4 Å². The van der Waals surface area contributed by atoms with Gasteiger partial charge in [-0.25, -0.2) is 4.98 Å². The summed E-state index contributed by atoms with van der Waals surface area (Å²) in [5.41, 5.74) is 8.13. The summed E-state index contributed by atoms with van der Waals surface area (Å²) in [6.45, 7) is 0. The molecule has 26 heavy (non-hydrogen) atoms. The van der Waals surface area contributed by atoms with E-state index in [0.717, 1.165) is 29.9 Å². The predicted molar refractivity (Wildman–Crippen MR) is 109 cm³/mol. The van der Waals surface area contributed by atoms with Crippen LogP contribution in [0.4, 0.5) is 5.69 Å². The normalized spacial score (nSPS) is 27.0. The highest BCUT2D eigenvalue weighted by Gasteiger charge is 2.40. The molecule has 2 aliphatic carbocycles. The lowest BCUT2D eigenvalue weighted by molar-refractivity contribution is -0.122. The van der Waals surface area contributed by atoms with Crippen LogP contribution < -0.4 is 11.1 Å². The van der Waals surface area contributed by atoms with E-state index in [2.05, 4.69) is 15.3 Å². The number of benzene rings is 1. The maximum absolute atomic E-state index is 12.7. The Morgan fingerprint density at radius 1 is 1.19 bits per heavy atom. The van der Waals surface area contributed by atoms with Gasteiger partial charge in [-0.2, -0.15) is 0 Å². The molecule has 2 saturated carbocycles. The highest BCUT2D eigenvalue weighted by molar-refractivity contribution is 5.93. The Morgan fingerprint density at radius 3 is 2.58 bits per heavy atom. The van der Waals surface area contributed by atoms with Crippen molar-refractivity contribution in [3.8, 4) is 11.4 Å². The third kappa shape index (κ3) is 4.22. The maximum atomic E-state index is 12.7. The molecule has 0 saturated heterocycles. The summed E-state index contributed by atoms with van der Waals surface area (Å²) < 4.78 is 0. The maximum Gasteiger partial charge on any atom is 0.227 e. The van der Waals surface area contributed by atoms with Crippen molar-refractivity contribution in [3.63, 3.8) is 0 Å². The van der Waals surface area contributed by atoms with Crippen LogP contribution in [0.3, 0.4) is 0 Å². The standard InChI is InChI=1S/C19H24N4O.2ClH/c20-17-12-3-1-4-13(17)10-15(9-12)19(24)23-16-6-2-5-14(11-16)18-21-7-8-22-18;;/h2,5-8,11-13,15,17H,1,3-4,9-10,20H2,(H,21,22)(H,23,24);2*1H. The van der Waals surface area contributed by atoms with Crippen molar-refractivity contribution in [3.05, 3.63) is 36.7 Å². The van der Waals surface area contributed by atoms with Gasteiger partial charge in [0.25, 0.3) is 0 Å². The van der Waals surface area contributed by atoms with Crippen molar-refractivity contribution in [1.29, 1.82) is 0 Å². The average Bonchev–Trinajstić information content (AvgIpc) is 3.09. The topological polar surface area (TPSA) is 83.8 Å². The molecule has 2 aromatic rings. The number of imidazole rings is 1. The summed E-state index contributed by atoms with van der Waals surface area (Å²) in [4.78, 5) is 20.1. The molecule has 2 aliphatic rings. The molecule has 1 amide bonds. The van der Waals surface area contributed by atoms with Gasteiger partial charge in [0, 0.05) is 35.6 Å². The SMILES string of the molecule is Cl.Cl.NC1C2CCCC1CC(C(=O)Nc1cccc(-c3ncc[nH]3)c1)C2. The number of carbonyl (C=O) groups excluding carboxylic acids is 1. The number of nitrogens with one attached hydrogen (secondary N) is 2. The number of amides is 1. The zero-order chi connectivity index (χ0) is 16.5. The summed E-state index contributed by atoms with van der Waals surface area (Å²) in [7, 11) is 0.